The summed E-state index contributed by atoms with van der Waals surface area (Å²) in [6.07, 6.45) is 0.308. The average Bonchev–Trinajstić information content (AvgIpc) is 3.09. The molecule has 2 rings (SSSR count). The van der Waals surface area contributed by atoms with Gasteiger partial charge in [-0.15, -0.1) is 0 Å². The monoisotopic (exact) mass is 562 g/mol. The Morgan fingerprint density at radius 3 is 2.33 bits per heavy atom. The zero-order chi connectivity index (χ0) is 25.2. The molecule has 33 heavy (non-hydrogen) atoms. The van der Waals surface area contributed by atoms with Crippen LogP contribution in [0.5, 0.6) is 0 Å². The van der Waals surface area contributed by atoms with Gasteiger partial charge in [-0.05, 0) is 46.2 Å². The van der Waals surface area contributed by atoms with Gasteiger partial charge >= 0.3 is 0 Å². The fourth-order valence-corrected chi connectivity index (χ4v) is 4.79. The second kappa shape index (κ2) is 10.8. The van der Waals surface area contributed by atoms with Gasteiger partial charge in [0.25, 0.3) is 0 Å². The van der Waals surface area contributed by atoms with Gasteiger partial charge in [0.15, 0.2) is 20.0 Å². The van der Waals surface area contributed by atoms with Crippen LogP contribution in [-0.4, -0.2) is 37.7 Å². The number of rotatable bonds is 10. The van der Waals surface area contributed by atoms with Crippen molar-refractivity contribution >= 4 is 32.3 Å². The highest BCUT2D eigenvalue weighted by Crippen LogP contribution is 2.37. The summed E-state index contributed by atoms with van der Waals surface area (Å²) in [6, 6.07) is 3.72. The molecular formula is C23H37BrF2N2O3Si2. The molecule has 1 aromatic carbocycles. The van der Waals surface area contributed by atoms with Crippen LogP contribution in [0.15, 0.2) is 22.8 Å². The van der Waals surface area contributed by atoms with Gasteiger partial charge in [0, 0.05) is 26.4 Å². The molecule has 5 nitrogen and oxygen atoms in total. The van der Waals surface area contributed by atoms with Crippen LogP contribution in [0.1, 0.15) is 44.0 Å². The lowest BCUT2D eigenvalue weighted by Gasteiger charge is -2.35. The predicted octanol–water partition coefficient (Wildman–Crippen LogP) is 6.84. The van der Waals surface area contributed by atoms with E-state index in [4.69, 9.17) is 9.16 Å². The Hall–Kier alpha value is -0.916. The second-order valence-corrected chi connectivity index (χ2v) is 22.4. The van der Waals surface area contributed by atoms with Crippen molar-refractivity contribution in [2.75, 3.05) is 6.61 Å². The van der Waals surface area contributed by atoms with Gasteiger partial charge in [-0.2, -0.15) is 0 Å². The quantitative estimate of drug-likeness (QED) is 0.195. The van der Waals surface area contributed by atoms with Crippen LogP contribution in [0.4, 0.5) is 8.78 Å². The Bertz CT molecular complexity index is 956. The van der Waals surface area contributed by atoms with Gasteiger partial charge in [0.2, 0.25) is 0 Å². The summed E-state index contributed by atoms with van der Waals surface area (Å²) in [4.78, 5) is 4.53. The van der Waals surface area contributed by atoms with Crippen molar-refractivity contribution in [2.24, 2.45) is 0 Å². The molecule has 0 aliphatic heterocycles. The molecule has 1 N–H and O–H groups in total. The van der Waals surface area contributed by atoms with Crippen molar-refractivity contribution in [3.05, 3.63) is 51.5 Å². The molecule has 0 bridgehead atoms. The standard InChI is InChI=1S/C23H37BrF2N2O3Si2/c1-23(2,3)33(7,8)31-14-16-13-28(15-30-11-12-32(4,5)6)22(27-16)21(29)17-9-10-18(24)20(26)19(17)25/h9-10,13,21,29H,11-12,14-15H2,1-8H3. The molecule has 0 aliphatic rings. The minimum atomic E-state index is -2.02. The third kappa shape index (κ3) is 7.53. The zero-order valence-electron chi connectivity index (χ0n) is 20.9. The van der Waals surface area contributed by atoms with Crippen molar-refractivity contribution in [3.63, 3.8) is 0 Å². The van der Waals surface area contributed by atoms with Gasteiger partial charge in [0.05, 0.1) is 16.8 Å². The number of hydrogen-bond acceptors (Lipinski definition) is 4. The number of imidazole rings is 1. The Morgan fingerprint density at radius 1 is 1.12 bits per heavy atom. The number of aromatic nitrogens is 2. The molecule has 1 aromatic heterocycles. The highest BCUT2D eigenvalue weighted by Gasteiger charge is 2.37. The minimum Gasteiger partial charge on any atom is -0.411 e. The van der Waals surface area contributed by atoms with E-state index in [-0.39, 0.29) is 34.2 Å². The van der Waals surface area contributed by atoms with Crippen molar-refractivity contribution in [1.82, 2.24) is 9.55 Å². The van der Waals surface area contributed by atoms with E-state index in [1.165, 1.54) is 12.1 Å². The third-order valence-corrected chi connectivity index (χ3v) is 12.9. The largest absolute Gasteiger partial charge is 0.411 e. The topological polar surface area (TPSA) is 56.5 Å². The van der Waals surface area contributed by atoms with Crippen molar-refractivity contribution < 1.29 is 23.1 Å². The summed E-state index contributed by atoms with van der Waals surface area (Å²) in [7, 11) is -3.27. The Morgan fingerprint density at radius 2 is 1.76 bits per heavy atom. The minimum absolute atomic E-state index is 0.00238. The van der Waals surface area contributed by atoms with Gasteiger partial charge in [-0.1, -0.05) is 46.5 Å². The molecule has 1 heterocycles. The number of halogens is 3. The van der Waals surface area contributed by atoms with Crippen LogP contribution in [-0.2, 0) is 22.5 Å². The highest BCUT2D eigenvalue weighted by molar-refractivity contribution is 9.10. The molecule has 0 amide bonds. The maximum absolute atomic E-state index is 14.6. The van der Waals surface area contributed by atoms with Crippen LogP contribution >= 0.6 is 15.9 Å². The van der Waals surface area contributed by atoms with Gasteiger partial charge in [-0.3, -0.25) is 0 Å². The maximum atomic E-state index is 14.6. The van der Waals surface area contributed by atoms with E-state index < -0.39 is 34.1 Å². The fourth-order valence-electron chi connectivity index (χ4n) is 2.78. The smallest absolute Gasteiger partial charge is 0.192 e. The van der Waals surface area contributed by atoms with E-state index >= 15 is 0 Å². The Balaban J connectivity index is 2.31. The Labute approximate surface area is 206 Å². The second-order valence-electron chi connectivity index (χ2n) is 11.1. The van der Waals surface area contributed by atoms with Gasteiger partial charge in [-0.25, -0.2) is 13.8 Å². The molecule has 0 fully saturated rings. The average molecular weight is 564 g/mol. The molecule has 186 valence electrons. The van der Waals surface area contributed by atoms with Crippen LogP contribution in [0.25, 0.3) is 0 Å². The molecule has 0 saturated carbocycles. The first-order valence-electron chi connectivity index (χ1n) is 11.1. The first kappa shape index (κ1) is 28.3. The van der Waals surface area contributed by atoms with Gasteiger partial charge in [0.1, 0.15) is 18.7 Å². The van der Waals surface area contributed by atoms with Crippen molar-refractivity contribution in [2.45, 2.75) is 84.0 Å². The van der Waals surface area contributed by atoms with E-state index in [2.05, 4.69) is 74.4 Å². The number of hydrogen-bond donors (Lipinski definition) is 1. The lowest BCUT2D eigenvalue weighted by Crippen LogP contribution is -2.40. The molecule has 0 saturated heterocycles. The van der Waals surface area contributed by atoms with E-state index in [9.17, 15) is 13.9 Å². The zero-order valence-corrected chi connectivity index (χ0v) is 24.5. The molecule has 2 aromatic rings. The molecule has 0 aliphatic carbocycles. The summed E-state index contributed by atoms with van der Waals surface area (Å²) in [6.45, 7) is 18.6. The molecule has 0 spiro atoms. The maximum Gasteiger partial charge on any atom is 0.192 e. The first-order chi connectivity index (χ1) is 15.0. The van der Waals surface area contributed by atoms with Crippen molar-refractivity contribution in [1.29, 1.82) is 0 Å². The first-order valence-corrected chi connectivity index (χ1v) is 18.5. The number of aliphatic hydroxyl groups is 1. The van der Waals surface area contributed by atoms with Crippen LogP contribution in [0, 0.1) is 11.6 Å². The number of ether oxygens (including phenoxy) is 1. The lowest BCUT2D eigenvalue weighted by molar-refractivity contribution is 0.0783. The van der Waals surface area contributed by atoms with E-state index in [1.54, 1.807) is 10.8 Å². The summed E-state index contributed by atoms with van der Waals surface area (Å²) in [5.74, 6) is -1.96. The van der Waals surface area contributed by atoms with Crippen LogP contribution in [0.2, 0.25) is 43.8 Å². The summed E-state index contributed by atoms with van der Waals surface area (Å²) in [5.41, 5.74) is 0.433. The molecule has 0 radical (unpaired) electrons. The molecule has 1 unspecified atom stereocenters. The predicted molar refractivity (Wildman–Crippen MR) is 136 cm³/mol. The Kier molecular flexibility index (Phi) is 9.25. The normalized spacial score (nSPS) is 14.1. The van der Waals surface area contributed by atoms with E-state index in [1.807, 2.05) is 0 Å². The molecular weight excluding hydrogens is 526 g/mol. The summed E-state index contributed by atoms with van der Waals surface area (Å²) >= 11 is 2.97. The van der Waals surface area contributed by atoms with Crippen molar-refractivity contribution in [3.8, 4) is 0 Å². The molecule has 10 heteroatoms. The number of aliphatic hydroxyl groups excluding tert-OH is 1. The van der Waals surface area contributed by atoms with E-state index in [0.29, 0.717) is 12.3 Å². The SMILES string of the molecule is CC(C)(C)[Si](C)(C)OCc1cn(COCC[Si](C)(C)C)c(C(O)c2ccc(Br)c(F)c2F)n1. The summed E-state index contributed by atoms with van der Waals surface area (Å²) in [5, 5.41) is 11.0. The highest BCUT2D eigenvalue weighted by atomic mass is 79.9. The summed E-state index contributed by atoms with van der Waals surface area (Å²) < 4.78 is 42.4. The number of benzene rings is 1. The van der Waals surface area contributed by atoms with E-state index in [0.717, 1.165) is 6.04 Å². The van der Waals surface area contributed by atoms with Crippen LogP contribution < -0.4 is 0 Å². The van der Waals surface area contributed by atoms with Gasteiger partial charge < -0.3 is 18.8 Å². The lowest BCUT2D eigenvalue weighted by atomic mass is 10.1. The number of nitrogens with zero attached hydrogens (tertiary/aromatic N) is 2. The third-order valence-electron chi connectivity index (χ3n) is 6.08. The fraction of sp³-hybridized carbons (Fsp3) is 0.609. The molecule has 1 atom stereocenters. The van der Waals surface area contributed by atoms with Crippen LogP contribution in [0.3, 0.4) is 0 Å².